The average molecular weight is 1040 g/mol. The number of hydrogen-bond acceptors (Lipinski definition) is 22. The lowest BCUT2D eigenvalue weighted by atomic mass is 9.74. The first-order valence-electron chi connectivity index (χ1n) is 25.3. The molecular weight excluding hydrogens is 977 g/mol. The second-order valence-electron chi connectivity index (χ2n) is 19.5. The van der Waals surface area contributed by atoms with Gasteiger partial charge in [0.2, 0.25) is 12.2 Å². The first-order chi connectivity index (χ1) is 36.3. The number of carbonyl (C=O) groups is 4. The Bertz CT molecular complexity index is 2650. The van der Waals surface area contributed by atoms with Crippen LogP contribution in [-0.4, -0.2) is 169 Å². The van der Waals surface area contributed by atoms with Gasteiger partial charge in [-0.3, -0.25) is 30.8 Å². The number of ketones is 2. The molecule has 6 aliphatic rings. The fourth-order valence-corrected chi connectivity index (χ4v) is 10.6. The largest absolute Gasteiger partial charge is 0.486 e. The molecule has 12 atom stereocenters. The maximum Gasteiger partial charge on any atom is 0.242 e. The number of para-hydroxylation sites is 1. The van der Waals surface area contributed by atoms with Crippen molar-refractivity contribution in [3.63, 3.8) is 0 Å². The van der Waals surface area contributed by atoms with E-state index in [2.05, 4.69) is 32.1 Å². The lowest BCUT2D eigenvalue weighted by molar-refractivity contribution is -0.289. The van der Waals surface area contributed by atoms with Crippen LogP contribution >= 0.6 is 0 Å². The molecule has 0 radical (unpaired) electrons. The number of ether oxygens (including phenoxy) is 5. The maximum atomic E-state index is 15.1. The number of benzene rings is 3. The van der Waals surface area contributed by atoms with Gasteiger partial charge in [-0.2, -0.15) is 0 Å². The Morgan fingerprint density at radius 2 is 1.83 bits per heavy atom. The summed E-state index contributed by atoms with van der Waals surface area (Å²) < 4.78 is 33.0. The van der Waals surface area contributed by atoms with E-state index in [-0.39, 0.29) is 97.7 Å². The number of nitrogens with two attached hydrogens (primary N) is 1. The second kappa shape index (κ2) is 24.0. The summed E-state index contributed by atoms with van der Waals surface area (Å²) in [6.45, 7) is 1.07. The normalized spacial score (nSPS) is 28.1. The smallest absolute Gasteiger partial charge is 0.242 e. The lowest BCUT2D eigenvalue weighted by Crippen LogP contribution is -2.70. The van der Waals surface area contributed by atoms with E-state index in [0.717, 1.165) is 5.57 Å². The van der Waals surface area contributed by atoms with E-state index in [9.17, 15) is 40.2 Å². The number of hydrazine groups is 1. The summed E-state index contributed by atoms with van der Waals surface area (Å²) in [5.74, 6) is -2.86. The monoisotopic (exact) mass is 1040 g/mol. The van der Waals surface area contributed by atoms with Crippen LogP contribution in [-0.2, 0) is 30.4 Å². The predicted molar refractivity (Wildman–Crippen MR) is 267 cm³/mol. The number of amides is 1. The van der Waals surface area contributed by atoms with Crippen LogP contribution in [0.1, 0.15) is 87.1 Å². The molecule has 9 rings (SSSR count). The van der Waals surface area contributed by atoms with Gasteiger partial charge in [0.05, 0.1) is 50.9 Å². The molecule has 3 aromatic carbocycles. The Hall–Kier alpha value is -5.90. The number of dihydropyridines is 1. The highest BCUT2D eigenvalue weighted by Crippen LogP contribution is 2.52. The third kappa shape index (κ3) is 11.5. The summed E-state index contributed by atoms with van der Waals surface area (Å²) in [7, 11) is 0. The number of allylic oxidation sites excluding steroid dienone is 1. The molecule has 404 valence electrons. The zero-order valence-electron chi connectivity index (χ0n) is 41.4. The molecule has 5 aliphatic heterocycles. The maximum absolute atomic E-state index is 15.1. The molecule has 3 fully saturated rings. The van der Waals surface area contributed by atoms with Crippen LogP contribution in [0.2, 0.25) is 0 Å². The second-order valence-corrected chi connectivity index (χ2v) is 19.5. The van der Waals surface area contributed by atoms with Crippen molar-refractivity contribution in [2.24, 2.45) is 11.7 Å². The van der Waals surface area contributed by atoms with Crippen molar-refractivity contribution < 1.29 is 73.5 Å². The highest BCUT2D eigenvalue weighted by atomic mass is 16.7. The highest BCUT2D eigenvalue weighted by molar-refractivity contribution is 6.29. The third-order valence-electron chi connectivity index (χ3n) is 14.3. The molecule has 23 nitrogen and oxygen atoms in total. The van der Waals surface area contributed by atoms with Crippen molar-refractivity contribution in [3.05, 3.63) is 111 Å². The van der Waals surface area contributed by atoms with E-state index in [4.69, 9.17) is 29.4 Å². The molecule has 1 aliphatic carbocycles. The minimum atomic E-state index is -1.65. The van der Waals surface area contributed by atoms with Gasteiger partial charge in [-0.1, -0.05) is 30.3 Å². The van der Waals surface area contributed by atoms with E-state index in [1.165, 1.54) is 12.1 Å². The lowest BCUT2D eigenvalue weighted by Gasteiger charge is -2.42. The SMILES string of the molecule is CC(O)CNNC1=CC(CCOC2C3Oc4c(cc5c(c4OCC(O)CC=O)C(=O)c4cc(CO)ccc4C5=O)C(c4ccccc4N4CNC5C(=O)NC(N)NC54)C(CCCO)COCC(O3)C(O)C2O)=CCN1. The number of nitrogens with one attached hydrogen (secondary N) is 6. The van der Waals surface area contributed by atoms with Crippen molar-refractivity contribution in [2.75, 3.05) is 57.7 Å². The van der Waals surface area contributed by atoms with Crippen molar-refractivity contribution >= 4 is 29.4 Å². The van der Waals surface area contributed by atoms with Crippen molar-refractivity contribution in [3.8, 4) is 11.5 Å². The third-order valence-corrected chi connectivity index (χ3v) is 14.3. The first-order valence-corrected chi connectivity index (χ1v) is 25.3. The van der Waals surface area contributed by atoms with Gasteiger partial charge in [0.1, 0.15) is 61.6 Å². The Morgan fingerprint density at radius 3 is 2.61 bits per heavy atom. The molecule has 0 spiro atoms. The molecule has 2 bridgehead atoms. The molecular formula is C52H66N8O15. The summed E-state index contributed by atoms with van der Waals surface area (Å²) in [5, 5.41) is 77.5. The van der Waals surface area contributed by atoms with Crippen LogP contribution in [0.25, 0.3) is 0 Å². The van der Waals surface area contributed by atoms with E-state index < -0.39 is 98.0 Å². The van der Waals surface area contributed by atoms with Crippen molar-refractivity contribution in [1.82, 2.24) is 32.1 Å². The van der Waals surface area contributed by atoms with Crippen molar-refractivity contribution in [1.29, 1.82) is 0 Å². The molecule has 3 aromatic rings. The van der Waals surface area contributed by atoms with Gasteiger partial charge in [-0.25, -0.2) is 5.43 Å². The molecule has 3 saturated heterocycles. The molecule has 0 aromatic heterocycles. The molecule has 14 N–H and O–H groups in total. The van der Waals surface area contributed by atoms with Crippen LogP contribution in [0.15, 0.2) is 72.1 Å². The van der Waals surface area contributed by atoms with Crippen LogP contribution in [0.5, 0.6) is 11.5 Å². The number of hydrogen-bond donors (Lipinski definition) is 13. The van der Waals surface area contributed by atoms with Gasteiger partial charge >= 0.3 is 0 Å². The molecule has 1 amide bonds. The van der Waals surface area contributed by atoms with Gasteiger partial charge in [-0.05, 0) is 79.1 Å². The highest BCUT2D eigenvalue weighted by Gasteiger charge is 2.50. The Morgan fingerprint density at radius 1 is 1.00 bits per heavy atom. The first kappa shape index (κ1) is 53.9. The number of aliphatic hydroxyl groups is 6. The minimum Gasteiger partial charge on any atom is -0.486 e. The minimum absolute atomic E-state index is 0.0220. The number of anilines is 1. The number of nitrogens with zero attached hydrogens (tertiary/aromatic N) is 1. The zero-order valence-corrected chi connectivity index (χ0v) is 41.4. The molecule has 5 heterocycles. The fraction of sp³-hybridized carbons (Fsp3) is 0.500. The van der Waals surface area contributed by atoms with Crippen LogP contribution in [0, 0.1) is 5.92 Å². The fourth-order valence-electron chi connectivity index (χ4n) is 10.6. The summed E-state index contributed by atoms with van der Waals surface area (Å²) in [6.07, 6.45) is -6.08. The molecule has 0 saturated carbocycles. The summed E-state index contributed by atoms with van der Waals surface area (Å²) in [4.78, 5) is 57.1. The van der Waals surface area contributed by atoms with E-state index in [1.54, 1.807) is 19.1 Å². The Balaban J connectivity index is 1.22. The van der Waals surface area contributed by atoms with E-state index in [1.807, 2.05) is 41.3 Å². The zero-order chi connectivity index (χ0) is 52.9. The van der Waals surface area contributed by atoms with Gasteiger partial charge in [0.25, 0.3) is 0 Å². The topological polar surface area (TPSA) is 337 Å². The summed E-state index contributed by atoms with van der Waals surface area (Å²) in [5.41, 5.74) is 14.6. The molecule has 23 heteroatoms. The standard InChI is InChI=1S/C52H66N8O15/c1-26(64)20-56-59-38-18-27(10-13-54-38)12-16-72-48-45(69)44(68)37-24-71-22-29(5-4-14-61)39(32-6-2-3-7-36(32)60-25-55-41-49(60)57-52(53)58-50(41)70)35-19-34-40(43(67)33-17-28(21-63)8-9-31(33)42(34)66)47(46(35)75-51(48)74-37)73-23-30(65)11-15-62/h2-3,6-10,15,17-19,26,29-30,37,39,41,44-45,48-49,51-52,54-57,59,61,63-65,68-69H,4-5,11-14,16,20-25,53H2,1H3,(H,58,70). The molecule has 75 heavy (non-hydrogen) atoms. The number of carbonyl (C=O) groups excluding carboxylic acids is 4. The summed E-state index contributed by atoms with van der Waals surface area (Å²) >= 11 is 0. The Labute approximate surface area is 432 Å². The van der Waals surface area contributed by atoms with Gasteiger partial charge in [0.15, 0.2) is 23.1 Å². The summed E-state index contributed by atoms with van der Waals surface area (Å²) in [6, 6.07) is 12.7. The molecule has 12 unspecified atom stereocenters. The Kier molecular flexibility index (Phi) is 17.2. The predicted octanol–water partition coefficient (Wildman–Crippen LogP) is -1.70. The number of fused-ring (bicyclic) bond motifs is 6. The number of rotatable bonds is 19. The van der Waals surface area contributed by atoms with Gasteiger partial charge in [-0.15, -0.1) is 0 Å². The van der Waals surface area contributed by atoms with E-state index >= 15 is 9.59 Å². The number of aliphatic hydroxyl groups excluding tert-OH is 6. The quantitative estimate of drug-likeness (QED) is 0.0368. The van der Waals surface area contributed by atoms with E-state index in [0.29, 0.717) is 48.3 Å². The number of aldehydes is 1. The van der Waals surface area contributed by atoms with Gasteiger partial charge in [0, 0.05) is 60.0 Å². The van der Waals surface area contributed by atoms with Crippen LogP contribution in [0.4, 0.5) is 5.69 Å². The van der Waals surface area contributed by atoms with Crippen molar-refractivity contribution in [2.45, 2.75) is 107 Å². The van der Waals surface area contributed by atoms with Gasteiger partial charge < -0.3 is 80.1 Å². The average Bonchev–Trinajstić information content (AvgIpc) is 3.82. The van der Waals surface area contributed by atoms with Crippen LogP contribution in [0.3, 0.4) is 0 Å². The van der Waals surface area contributed by atoms with Crippen LogP contribution < -0.4 is 52.2 Å².